The van der Waals surface area contributed by atoms with Crippen LogP contribution in [0.2, 0.25) is 0 Å². The van der Waals surface area contributed by atoms with Crippen molar-refractivity contribution in [2.45, 2.75) is 25.3 Å². The molecule has 0 saturated carbocycles. The summed E-state index contributed by atoms with van der Waals surface area (Å²) in [7, 11) is 0. The van der Waals surface area contributed by atoms with Crippen molar-refractivity contribution < 1.29 is 9.90 Å². The molecule has 0 fully saturated rings. The van der Waals surface area contributed by atoms with Crippen LogP contribution in [0.1, 0.15) is 19.3 Å². The summed E-state index contributed by atoms with van der Waals surface area (Å²) in [5, 5.41) is 8.40. The highest BCUT2D eigenvalue weighted by molar-refractivity contribution is 5.73. The maximum atomic E-state index is 10.2. The van der Waals surface area contributed by atoms with E-state index in [0.29, 0.717) is 6.42 Å². The highest BCUT2D eigenvalue weighted by Crippen LogP contribution is 2.21. The number of carbonyl (C=O) groups is 1. The fourth-order valence-corrected chi connectivity index (χ4v) is 0.904. The van der Waals surface area contributed by atoms with Crippen LogP contribution in [0.25, 0.3) is 0 Å². The van der Waals surface area contributed by atoms with Crippen LogP contribution in [0.15, 0.2) is 11.6 Å². The molecule has 0 spiro atoms. The molecule has 1 aliphatic rings. The summed E-state index contributed by atoms with van der Waals surface area (Å²) >= 11 is 0. The van der Waals surface area contributed by atoms with E-state index < -0.39 is 12.0 Å². The number of allylic oxidation sites excluding steroid dienone is 1. The summed E-state index contributed by atoms with van der Waals surface area (Å²) in [6.07, 6.45) is 4.68. The molecule has 3 nitrogen and oxygen atoms in total. The lowest BCUT2D eigenvalue weighted by Gasteiger charge is -2.15. The lowest BCUT2D eigenvalue weighted by molar-refractivity contribution is -0.138. The van der Waals surface area contributed by atoms with Crippen molar-refractivity contribution in [1.29, 1.82) is 0 Å². The van der Waals surface area contributed by atoms with E-state index in [4.69, 9.17) is 10.8 Å². The number of carboxylic acid groups (broad SMARTS) is 1. The molecule has 0 saturated heterocycles. The summed E-state index contributed by atoms with van der Waals surface area (Å²) in [6, 6.07) is -0.702. The molecule has 3 heteroatoms. The molecule has 1 unspecified atom stereocenters. The Labute approximate surface area is 59.5 Å². The molecular weight excluding hydrogens is 130 g/mol. The second-order valence-corrected chi connectivity index (χ2v) is 2.55. The average Bonchev–Trinajstić information content (AvgIpc) is 1.77. The Morgan fingerprint density at radius 3 is 2.80 bits per heavy atom. The lowest BCUT2D eigenvalue weighted by atomic mass is 9.93. The molecule has 0 aromatic carbocycles. The Kier molecular flexibility index (Phi) is 2.06. The Morgan fingerprint density at radius 2 is 2.50 bits per heavy atom. The van der Waals surface area contributed by atoms with Crippen LogP contribution < -0.4 is 5.73 Å². The van der Waals surface area contributed by atoms with E-state index in [0.717, 1.165) is 12.8 Å². The van der Waals surface area contributed by atoms with Crippen molar-refractivity contribution in [1.82, 2.24) is 0 Å². The first-order chi connectivity index (χ1) is 4.70. The largest absolute Gasteiger partial charge is 0.480 e. The van der Waals surface area contributed by atoms with Gasteiger partial charge in [-0.05, 0) is 19.3 Å². The number of carboxylic acids is 1. The Hall–Kier alpha value is -0.830. The molecule has 0 radical (unpaired) electrons. The Bertz CT molecular complexity index is 174. The number of rotatable bonds is 3. The van der Waals surface area contributed by atoms with Gasteiger partial charge in [0.25, 0.3) is 0 Å². The van der Waals surface area contributed by atoms with E-state index in [2.05, 4.69) is 0 Å². The van der Waals surface area contributed by atoms with Crippen LogP contribution in [-0.2, 0) is 4.79 Å². The van der Waals surface area contributed by atoms with E-state index in [-0.39, 0.29) is 0 Å². The predicted octanol–water partition coefficient (Wildman–Crippen LogP) is 0.509. The van der Waals surface area contributed by atoms with Crippen LogP contribution in [0.3, 0.4) is 0 Å². The zero-order valence-corrected chi connectivity index (χ0v) is 5.71. The first-order valence-corrected chi connectivity index (χ1v) is 3.36. The molecule has 10 heavy (non-hydrogen) atoms. The maximum Gasteiger partial charge on any atom is 0.320 e. The van der Waals surface area contributed by atoms with Crippen molar-refractivity contribution >= 4 is 5.97 Å². The first kappa shape index (κ1) is 7.28. The molecule has 1 atom stereocenters. The Morgan fingerprint density at radius 1 is 1.90 bits per heavy atom. The first-order valence-electron chi connectivity index (χ1n) is 3.36. The SMILES string of the molecule is NC(CC1=CCC1)C(=O)O. The van der Waals surface area contributed by atoms with Crippen molar-refractivity contribution in [2.75, 3.05) is 0 Å². The summed E-state index contributed by atoms with van der Waals surface area (Å²) < 4.78 is 0. The molecule has 1 rings (SSSR count). The zero-order chi connectivity index (χ0) is 7.56. The summed E-state index contributed by atoms with van der Waals surface area (Å²) in [4.78, 5) is 10.2. The highest BCUT2D eigenvalue weighted by Gasteiger charge is 2.15. The summed E-state index contributed by atoms with van der Waals surface area (Å²) in [5.74, 6) is -0.909. The zero-order valence-electron chi connectivity index (χ0n) is 5.71. The van der Waals surface area contributed by atoms with Gasteiger partial charge in [0.05, 0.1) is 0 Å². The number of hydrogen-bond donors (Lipinski definition) is 2. The van der Waals surface area contributed by atoms with Gasteiger partial charge < -0.3 is 10.8 Å². The van der Waals surface area contributed by atoms with Gasteiger partial charge in [0.2, 0.25) is 0 Å². The molecule has 1 aliphatic carbocycles. The summed E-state index contributed by atoms with van der Waals surface area (Å²) in [6.45, 7) is 0. The van der Waals surface area contributed by atoms with Gasteiger partial charge in [0.15, 0.2) is 0 Å². The van der Waals surface area contributed by atoms with Gasteiger partial charge in [0.1, 0.15) is 6.04 Å². The second kappa shape index (κ2) is 2.84. The van der Waals surface area contributed by atoms with Crippen LogP contribution in [0.4, 0.5) is 0 Å². The third-order valence-electron chi connectivity index (χ3n) is 1.70. The third kappa shape index (κ3) is 1.57. The van der Waals surface area contributed by atoms with Gasteiger partial charge in [-0.25, -0.2) is 0 Å². The van der Waals surface area contributed by atoms with Gasteiger partial charge in [0, 0.05) is 0 Å². The lowest BCUT2D eigenvalue weighted by Crippen LogP contribution is -2.30. The standard InChI is InChI=1S/C7H11NO2/c8-6(7(9)10)4-5-2-1-3-5/h2,6H,1,3-4,8H2,(H,9,10). The van der Waals surface area contributed by atoms with Crippen molar-refractivity contribution in [3.63, 3.8) is 0 Å². The predicted molar refractivity (Wildman–Crippen MR) is 37.5 cm³/mol. The van der Waals surface area contributed by atoms with Crippen LogP contribution in [-0.4, -0.2) is 17.1 Å². The molecule has 0 aromatic heterocycles. The van der Waals surface area contributed by atoms with Crippen LogP contribution in [0.5, 0.6) is 0 Å². The topological polar surface area (TPSA) is 63.3 Å². The molecule has 56 valence electrons. The van der Waals surface area contributed by atoms with Gasteiger partial charge in [-0.2, -0.15) is 0 Å². The van der Waals surface area contributed by atoms with Crippen LogP contribution in [0, 0.1) is 0 Å². The normalized spacial score (nSPS) is 19.1. The number of aliphatic carboxylic acids is 1. The minimum absolute atomic E-state index is 0.523. The molecule has 0 heterocycles. The van der Waals surface area contributed by atoms with Crippen molar-refractivity contribution in [3.05, 3.63) is 11.6 Å². The fraction of sp³-hybridized carbons (Fsp3) is 0.571. The van der Waals surface area contributed by atoms with E-state index in [1.807, 2.05) is 6.08 Å². The Balaban J connectivity index is 2.30. The van der Waals surface area contributed by atoms with E-state index in [1.165, 1.54) is 5.57 Å². The van der Waals surface area contributed by atoms with Gasteiger partial charge in [-0.3, -0.25) is 4.79 Å². The van der Waals surface area contributed by atoms with Gasteiger partial charge in [-0.1, -0.05) is 11.6 Å². The van der Waals surface area contributed by atoms with Gasteiger partial charge >= 0.3 is 5.97 Å². The fourth-order valence-electron chi connectivity index (χ4n) is 0.904. The highest BCUT2D eigenvalue weighted by atomic mass is 16.4. The van der Waals surface area contributed by atoms with Crippen molar-refractivity contribution in [2.24, 2.45) is 5.73 Å². The number of hydrogen-bond acceptors (Lipinski definition) is 2. The van der Waals surface area contributed by atoms with Crippen LogP contribution >= 0.6 is 0 Å². The van der Waals surface area contributed by atoms with E-state index in [9.17, 15) is 4.79 Å². The number of nitrogens with two attached hydrogens (primary N) is 1. The van der Waals surface area contributed by atoms with Crippen molar-refractivity contribution in [3.8, 4) is 0 Å². The molecule has 0 aliphatic heterocycles. The smallest absolute Gasteiger partial charge is 0.320 e. The molecule has 0 bridgehead atoms. The molecular formula is C7H11NO2. The summed E-state index contributed by atoms with van der Waals surface area (Å²) in [5.41, 5.74) is 6.48. The van der Waals surface area contributed by atoms with E-state index in [1.54, 1.807) is 0 Å². The average molecular weight is 141 g/mol. The molecule has 0 aromatic rings. The third-order valence-corrected chi connectivity index (χ3v) is 1.70. The van der Waals surface area contributed by atoms with E-state index >= 15 is 0 Å². The second-order valence-electron chi connectivity index (χ2n) is 2.55. The monoisotopic (exact) mass is 141 g/mol. The minimum atomic E-state index is -0.909. The van der Waals surface area contributed by atoms with Gasteiger partial charge in [-0.15, -0.1) is 0 Å². The quantitative estimate of drug-likeness (QED) is 0.563. The molecule has 3 N–H and O–H groups in total. The molecule has 0 amide bonds. The maximum absolute atomic E-state index is 10.2. The minimum Gasteiger partial charge on any atom is -0.480 e.